The number of fused-ring (bicyclic) bond motifs is 2. The largest absolute Gasteiger partial charge is 1.00 e. The molecule has 2 heterocycles. The first kappa shape index (κ1) is 18.2. The van der Waals surface area contributed by atoms with Crippen LogP contribution in [0.25, 0.3) is 23.1 Å². The molecule has 0 amide bonds. The monoisotopic (exact) mass is 362 g/mol. The van der Waals surface area contributed by atoms with Crippen molar-refractivity contribution in [3.63, 3.8) is 0 Å². The van der Waals surface area contributed by atoms with Crippen molar-refractivity contribution in [3.05, 3.63) is 83.7 Å². The van der Waals surface area contributed by atoms with E-state index in [2.05, 4.69) is 102 Å². The molecule has 132 valence electrons. The van der Waals surface area contributed by atoms with Crippen LogP contribution >= 0.6 is 0 Å². The number of para-hydroxylation sites is 2. The zero-order chi connectivity index (χ0) is 17.2. The number of anilines is 1. The molecule has 0 spiro atoms. The highest BCUT2D eigenvalue weighted by Crippen LogP contribution is 2.31. The lowest BCUT2D eigenvalue weighted by Gasteiger charge is -2.29. The van der Waals surface area contributed by atoms with Crippen LogP contribution in [0, 0.1) is 0 Å². The summed E-state index contributed by atoms with van der Waals surface area (Å²) in [5, 5.41) is 1.28. The van der Waals surface area contributed by atoms with Crippen LogP contribution in [0.15, 0.2) is 72.4 Å². The van der Waals surface area contributed by atoms with Crippen molar-refractivity contribution in [2.75, 3.05) is 11.4 Å². The minimum absolute atomic E-state index is 0. The van der Waals surface area contributed by atoms with Gasteiger partial charge in [0.1, 0.15) is 6.54 Å². The number of allylic oxidation sites excluding steroid dienone is 1. The second-order valence-corrected chi connectivity index (χ2v) is 6.27. The number of halogens is 1. The number of likely N-dealkylation sites (N-methyl/N-ethyl adjacent to an activating group) is 1. The standard InChI is InChI=1S/C23H23N2.ClH/c1-3-24-20(15-13-18-9-5-7-11-22(18)24)17-21-16-14-19-10-6-8-12-23(19)25(21)4-2;/h5-17H,3-4H2,1-2H3;1H/q+1;/p-1. The number of hydrogen-bond acceptors (Lipinski definition) is 1. The fraction of sp³-hybridized carbons (Fsp3) is 0.174. The summed E-state index contributed by atoms with van der Waals surface area (Å²) in [6.07, 6.45) is 6.73. The van der Waals surface area contributed by atoms with Crippen LogP contribution in [0.1, 0.15) is 25.1 Å². The fourth-order valence-electron chi connectivity index (χ4n) is 3.67. The van der Waals surface area contributed by atoms with E-state index >= 15 is 0 Å². The Labute approximate surface area is 161 Å². The van der Waals surface area contributed by atoms with Gasteiger partial charge in [0.25, 0.3) is 0 Å². The first-order valence-corrected chi connectivity index (χ1v) is 8.99. The summed E-state index contributed by atoms with van der Waals surface area (Å²) in [6, 6.07) is 21.6. The molecule has 2 aromatic carbocycles. The third kappa shape index (κ3) is 3.13. The smallest absolute Gasteiger partial charge is 0.212 e. The molecule has 0 radical (unpaired) electrons. The summed E-state index contributed by atoms with van der Waals surface area (Å²) in [4.78, 5) is 2.38. The summed E-state index contributed by atoms with van der Waals surface area (Å²) in [5.74, 6) is 0. The molecule has 0 unspecified atom stereocenters. The van der Waals surface area contributed by atoms with Crippen LogP contribution in [-0.4, -0.2) is 6.54 Å². The van der Waals surface area contributed by atoms with Gasteiger partial charge in [0, 0.05) is 41.5 Å². The molecular formula is C23H23ClN2. The fourth-order valence-corrected chi connectivity index (χ4v) is 3.67. The molecule has 1 aliphatic rings. The Morgan fingerprint density at radius 2 is 1.65 bits per heavy atom. The van der Waals surface area contributed by atoms with Gasteiger partial charge in [-0.25, -0.2) is 0 Å². The van der Waals surface area contributed by atoms with Crippen LogP contribution in [0.3, 0.4) is 0 Å². The summed E-state index contributed by atoms with van der Waals surface area (Å²) in [5.41, 5.74) is 6.31. The summed E-state index contributed by atoms with van der Waals surface area (Å²) >= 11 is 0. The second-order valence-electron chi connectivity index (χ2n) is 6.27. The van der Waals surface area contributed by atoms with Gasteiger partial charge in [0.15, 0.2) is 0 Å². The van der Waals surface area contributed by atoms with E-state index in [1.54, 1.807) is 0 Å². The van der Waals surface area contributed by atoms with Gasteiger partial charge >= 0.3 is 0 Å². The number of nitrogens with zero attached hydrogens (tertiary/aromatic N) is 2. The van der Waals surface area contributed by atoms with Crippen molar-refractivity contribution in [3.8, 4) is 0 Å². The zero-order valence-electron chi connectivity index (χ0n) is 15.2. The van der Waals surface area contributed by atoms with Crippen LogP contribution in [0.4, 0.5) is 5.69 Å². The Hall–Kier alpha value is -2.58. The van der Waals surface area contributed by atoms with Crippen LogP contribution in [0.2, 0.25) is 0 Å². The molecule has 0 aliphatic carbocycles. The molecule has 0 N–H and O–H groups in total. The molecular weight excluding hydrogens is 340 g/mol. The van der Waals surface area contributed by atoms with Gasteiger partial charge in [-0.3, -0.25) is 0 Å². The highest BCUT2D eigenvalue weighted by molar-refractivity contribution is 5.80. The number of aryl methyl sites for hydroxylation is 1. The van der Waals surface area contributed by atoms with E-state index in [1.165, 1.54) is 33.5 Å². The molecule has 3 heteroatoms. The minimum atomic E-state index is 0. The van der Waals surface area contributed by atoms with E-state index in [-0.39, 0.29) is 12.4 Å². The molecule has 0 bridgehead atoms. The molecule has 2 nitrogen and oxygen atoms in total. The Balaban J connectivity index is 0.00000196. The minimum Gasteiger partial charge on any atom is -1.00 e. The SMILES string of the molecule is CCN1/C(=C\c2ccc3ccccc3[n+]2CC)C=Cc2ccccc21.[Cl-]. The Kier molecular flexibility index (Phi) is 5.43. The van der Waals surface area contributed by atoms with Gasteiger partial charge in [-0.1, -0.05) is 36.4 Å². The number of pyridine rings is 1. The van der Waals surface area contributed by atoms with Crippen molar-refractivity contribution in [2.45, 2.75) is 20.4 Å². The molecule has 0 atom stereocenters. The van der Waals surface area contributed by atoms with Gasteiger partial charge in [-0.15, -0.1) is 0 Å². The maximum absolute atomic E-state index is 2.38. The molecule has 4 rings (SSSR count). The van der Waals surface area contributed by atoms with Crippen molar-refractivity contribution in [1.29, 1.82) is 0 Å². The lowest BCUT2D eigenvalue weighted by atomic mass is 10.0. The summed E-state index contributed by atoms with van der Waals surface area (Å²) < 4.78 is 2.38. The molecule has 0 fully saturated rings. The molecule has 1 aliphatic heterocycles. The first-order valence-electron chi connectivity index (χ1n) is 8.99. The zero-order valence-corrected chi connectivity index (χ0v) is 15.9. The maximum Gasteiger partial charge on any atom is 0.212 e. The number of hydrogen-bond donors (Lipinski definition) is 0. The molecule has 0 saturated carbocycles. The van der Waals surface area contributed by atoms with Gasteiger partial charge in [-0.05, 0) is 43.7 Å². The van der Waals surface area contributed by atoms with E-state index in [0.717, 1.165) is 13.1 Å². The lowest BCUT2D eigenvalue weighted by molar-refractivity contribution is -0.669. The second kappa shape index (κ2) is 7.76. The van der Waals surface area contributed by atoms with Crippen LogP contribution in [0.5, 0.6) is 0 Å². The topological polar surface area (TPSA) is 7.12 Å². The lowest BCUT2D eigenvalue weighted by Crippen LogP contribution is -3.00. The highest BCUT2D eigenvalue weighted by Gasteiger charge is 2.18. The molecule has 0 saturated heterocycles. The Bertz CT molecular complexity index is 988. The maximum atomic E-state index is 2.38. The normalized spacial score (nSPS) is 14.4. The van der Waals surface area contributed by atoms with E-state index in [4.69, 9.17) is 0 Å². The quantitative estimate of drug-likeness (QED) is 0.647. The van der Waals surface area contributed by atoms with Gasteiger partial charge in [-0.2, -0.15) is 4.57 Å². The van der Waals surface area contributed by atoms with E-state index in [9.17, 15) is 0 Å². The third-order valence-electron chi connectivity index (χ3n) is 4.87. The number of benzene rings is 2. The van der Waals surface area contributed by atoms with Crippen LogP contribution in [-0.2, 0) is 6.54 Å². The number of rotatable bonds is 3. The molecule has 1 aromatic heterocycles. The van der Waals surface area contributed by atoms with Gasteiger partial charge in [0.05, 0.1) is 0 Å². The van der Waals surface area contributed by atoms with Crippen molar-refractivity contribution in [2.24, 2.45) is 0 Å². The van der Waals surface area contributed by atoms with E-state index in [0.29, 0.717) is 0 Å². The predicted molar refractivity (Wildman–Crippen MR) is 106 cm³/mol. The summed E-state index contributed by atoms with van der Waals surface area (Å²) in [6.45, 7) is 6.32. The van der Waals surface area contributed by atoms with Crippen molar-refractivity contribution in [1.82, 2.24) is 0 Å². The average molecular weight is 363 g/mol. The first-order chi connectivity index (χ1) is 12.3. The predicted octanol–water partition coefficient (Wildman–Crippen LogP) is 2.05. The highest BCUT2D eigenvalue weighted by atomic mass is 35.5. The molecule has 26 heavy (non-hydrogen) atoms. The van der Waals surface area contributed by atoms with Crippen molar-refractivity contribution >= 4 is 28.7 Å². The number of aromatic nitrogens is 1. The van der Waals surface area contributed by atoms with Gasteiger partial charge < -0.3 is 17.3 Å². The molecule has 3 aromatic rings. The Morgan fingerprint density at radius 1 is 0.885 bits per heavy atom. The summed E-state index contributed by atoms with van der Waals surface area (Å²) in [7, 11) is 0. The van der Waals surface area contributed by atoms with Crippen LogP contribution < -0.4 is 21.9 Å². The Morgan fingerprint density at radius 3 is 2.46 bits per heavy atom. The third-order valence-corrected chi connectivity index (χ3v) is 4.87. The van der Waals surface area contributed by atoms with Gasteiger partial charge in [0.2, 0.25) is 11.2 Å². The van der Waals surface area contributed by atoms with E-state index < -0.39 is 0 Å². The average Bonchev–Trinajstić information content (AvgIpc) is 2.67. The van der Waals surface area contributed by atoms with E-state index in [1.807, 2.05) is 0 Å². The van der Waals surface area contributed by atoms with Crippen molar-refractivity contribution < 1.29 is 17.0 Å².